The molecule has 2 aromatic carbocycles. The number of hydrogen-bond donors (Lipinski definition) is 2. The molecule has 0 radical (unpaired) electrons. The minimum atomic E-state index is -1.37. The number of amides is 1. The van der Waals surface area contributed by atoms with Crippen LogP contribution in [0.4, 0.5) is 10.1 Å². The number of benzene rings is 2. The molecule has 4 nitrogen and oxygen atoms in total. The number of rotatable bonds is 3. The van der Waals surface area contributed by atoms with Crippen LogP contribution < -0.4 is 5.32 Å². The quantitative estimate of drug-likeness (QED) is 0.911. The summed E-state index contributed by atoms with van der Waals surface area (Å²) in [6.45, 7) is 0. The molecule has 0 fully saturated rings. The summed E-state index contributed by atoms with van der Waals surface area (Å²) in [5, 5.41) is 11.4. The SMILES string of the molecule is O=C(O)c1ccc(NC(=O)c2ccccc2Cl)cc1F. The van der Waals surface area contributed by atoms with Gasteiger partial charge in [-0.25, -0.2) is 9.18 Å². The second-order valence-corrected chi connectivity index (χ2v) is 4.34. The topological polar surface area (TPSA) is 66.4 Å². The minimum absolute atomic E-state index is 0.150. The molecular formula is C14H9ClFNO3. The van der Waals surface area contributed by atoms with Crippen LogP contribution in [0.25, 0.3) is 0 Å². The smallest absolute Gasteiger partial charge is 0.338 e. The van der Waals surface area contributed by atoms with Crippen molar-refractivity contribution in [2.45, 2.75) is 0 Å². The van der Waals surface area contributed by atoms with E-state index in [1.165, 1.54) is 12.1 Å². The van der Waals surface area contributed by atoms with Gasteiger partial charge in [0.2, 0.25) is 0 Å². The van der Waals surface area contributed by atoms with Crippen molar-refractivity contribution in [3.8, 4) is 0 Å². The lowest BCUT2D eigenvalue weighted by atomic mass is 10.1. The van der Waals surface area contributed by atoms with E-state index in [4.69, 9.17) is 16.7 Å². The van der Waals surface area contributed by atoms with Crippen molar-refractivity contribution in [1.29, 1.82) is 0 Å². The molecule has 0 aliphatic rings. The molecule has 102 valence electrons. The van der Waals surface area contributed by atoms with Gasteiger partial charge in [-0.3, -0.25) is 4.79 Å². The van der Waals surface area contributed by atoms with Crippen molar-refractivity contribution in [2.24, 2.45) is 0 Å². The van der Waals surface area contributed by atoms with Crippen LogP contribution >= 0.6 is 11.6 Å². The molecule has 2 N–H and O–H groups in total. The van der Waals surface area contributed by atoms with Gasteiger partial charge in [-0.2, -0.15) is 0 Å². The predicted octanol–water partition coefficient (Wildman–Crippen LogP) is 3.43. The lowest BCUT2D eigenvalue weighted by molar-refractivity contribution is 0.0692. The fourth-order valence-electron chi connectivity index (χ4n) is 1.61. The summed E-state index contributed by atoms with van der Waals surface area (Å²) < 4.78 is 13.5. The summed E-state index contributed by atoms with van der Waals surface area (Å²) in [4.78, 5) is 22.6. The van der Waals surface area contributed by atoms with Crippen LogP contribution in [-0.4, -0.2) is 17.0 Å². The van der Waals surface area contributed by atoms with Gasteiger partial charge >= 0.3 is 5.97 Å². The molecule has 0 heterocycles. The van der Waals surface area contributed by atoms with Gasteiger partial charge in [-0.15, -0.1) is 0 Å². The average molecular weight is 294 g/mol. The van der Waals surface area contributed by atoms with E-state index in [1.54, 1.807) is 18.2 Å². The Morgan fingerprint density at radius 3 is 2.40 bits per heavy atom. The zero-order valence-corrected chi connectivity index (χ0v) is 10.8. The molecule has 6 heteroatoms. The first kappa shape index (κ1) is 14.0. The molecule has 0 aromatic heterocycles. The van der Waals surface area contributed by atoms with E-state index in [9.17, 15) is 14.0 Å². The number of anilines is 1. The Labute approximate surface area is 118 Å². The molecule has 0 saturated heterocycles. The Bertz CT molecular complexity index is 688. The normalized spacial score (nSPS) is 10.1. The molecular weight excluding hydrogens is 285 g/mol. The first-order chi connectivity index (χ1) is 9.49. The Morgan fingerprint density at radius 1 is 1.10 bits per heavy atom. The van der Waals surface area contributed by atoms with E-state index in [1.807, 2.05) is 0 Å². The van der Waals surface area contributed by atoms with E-state index in [0.717, 1.165) is 12.1 Å². The Hall–Kier alpha value is -2.40. The van der Waals surface area contributed by atoms with Crippen LogP contribution in [0, 0.1) is 5.82 Å². The molecule has 0 saturated carbocycles. The third-order valence-corrected chi connectivity index (χ3v) is 2.91. The van der Waals surface area contributed by atoms with Crippen molar-refractivity contribution >= 4 is 29.2 Å². The number of carboxylic acids is 1. The summed E-state index contributed by atoms with van der Waals surface area (Å²) in [7, 11) is 0. The third kappa shape index (κ3) is 2.95. The second kappa shape index (κ2) is 5.71. The van der Waals surface area contributed by atoms with Gasteiger partial charge in [0.05, 0.1) is 16.1 Å². The lowest BCUT2D eigenvalue weighted by Gasteiger charge is -2.07. The van der Waals surface area contributed by atoms with E-state index >= 15 is 0 Å². The second-order valence-electron chi connectivity index (χ2n) is 3.93. The van der Waals surface area contributed by atoms with Crippen LogP contribution in [0.2, 0.25) is 5.02 Å². The molecule has 20 heavy (non-hydrogen) atoms. The summed E-state index contributed by atoms with van der Waals surface area (Å²) in [6.07, 6.45) is 0. The van der Waals surface area contributed by atoms with Gasteiger partial charge in [-0.1, -0.05) is 23.7 Å². The summed E-state index contributed by atoms with van der Waals surface area (Å²) in [6, 6.07) is 9.75. The Kier molecular flexibility index (Phi) is 4.00. The van der Waals surface area contributed by atoms with Crippen LogP contribution in [-0.2, 0) is 0 Å². The van der Waals surface area contributed by atoms with Gasteiger partial charge < -0.3 is 10.4 Å². The first-order valence-corrected chi connectivity index (χ1v) is 5.95. The van der Waals surface area contributed by atoms with Gasteiger partial charge in [0, 0.05) is 5.69 Å². The molecule has 1 amide bonds. The summed E-state index contributed by atoms with van der Waals surface area (Å²) >= 11 is 5.87. The first-order valence-electron chi connectivity index (χ1n) is 5.58. The fraction of sp³-hybridized carbons (Fsp3) is 0. The van der Waals surface area contributed by atoms with Gasteiger partial charge in [-0.05, 0) is 30.3 Å². The zero-order valence-electron chi connectivity index (χ0n) is 10.1. The van der Waals surface area contributed by atoms with Crippen molar-refractivity contribution in [1.82, 2.24) is 0 Å². The number of carbonyl (C=O) groups excluding carboxylic acids is 1. The van der Waals surface area contributed by atoms with Crippen LogP contribution in [0.1, 0.15) is 20.7 Å². The molecule has 0 aliphatic heterocycles. The monoisotopic (exact) mass is 293 g/mol. The van der Waals surface area contributed by atoms with Crippen LogP contribution in [0.3, 0.4) is 0 Å². The lowest BCUT2D eigenvalue weighted by Crippen LogP contribution is -2.13. The third-order valence-electron chi connectivity index (χ3n) is 2.58. The minimum Gasteiger partial charge on any atom is -0.478 e. The molecule has 2 aromatic rings. The number of aromatic carboxylic acids is 1. The van der Waals surface area contributed by atoms with Crippen molar-refractivity contribution in [3.63, 3.8) is 0 Å². The number of carbonyl (C=O) groups is 2. The van der Waals surface area contributed by atoms with Crippen LogP contribution in [0.15, 0.2) is 42.5 Å². The molecule has 0 spiro atoms. The average Bonchev–Trinajstić information content (AvgIpc) is 2.38. The largest absolute Gasteiger partial charge is 0.478 e. The Balaban J connectivity index is 2.23. The highest BCUT2D eigenvalue weighted by Crippen LogP contribution is 2.19. The maximum Gasteiger partial charge on any atom is 0.338 e. The van der Waals surface area contributed by atoms with Crippen LogP contribution in [0.5, 0.6) is 0 Å². The number of hydrogen-bond acceptors (Lipinski definition) is 2. The summed E-state index contributed by atoms with van der Waals surface area (Å²) in [5.41, 5.74) is -0.0601. The molecule has 0 unspecified atom stereocenters. The highest BCUT2D eigenvalue weighted by Gasteiger charge is 2.13. The molecule has 2 rings (SSSR count). The van der Waals surface area contributed by atoms with Gasteiger partial charge in [0.25, 0.3) is 5.91 Å². The maximum atomic E-state index is 13.5. The van der Waals surface area contributed by atoms with E-state index in [-0.39, 0.29) is 16.3 Å². The molecule has 0 atom stereocenters. The molecule has 0 bridgehead atoms. The van der Waals surface area contributed by atoms with E-state index in [2.05, 4.69) is 5.32 Å². The zero-order chi connectivity index (χ0) is 14.7. The van der Waals surface area contributed by atoms with Crippen molar-refractivity contribution in [2.75, 3.05) is 5.32 Å². The predicted molar refractivity (Wildman–Crippen MR) is 72.8 cm³/mol. The molecule has 0 aliphatic carbocycles. The maximum absolute atomic E-state index is 13.5. The highest BCUT2D eigenvalue weighted by atomic mass is 35.5. The van der Waals surface area contributed by atoms with Gasteiger partial charge in [0.15, 0.2) is 0 Å². The Morgan fingerprint density at radius 2 is 1.80 bits per heavy atom. The fourth-order valence-corrected chi connectivity index (χ4v) is 1.83. The van der Waals surface area contributed by atoms with E-state index < -0.39 is 23.3 Å². The van der Waals surface area contributed by atoms with Crippen molar-refractivity contribution < 1.29 is 19.1 Å². The summed E-state index contributed by atoms with van der Waals surface area (Å²) in [5.74, 6) is -2.79. The van der Waals surface area contributed by atoms with Gasteiger partial charge in [0.1, 0.15) is 5.82 Å². The number of carboxylic acid groups (broad SMARTS) is 1. The van der Waals surface area contributed by atoms with Crippen molar-refractivity contribution in [3.05, 3.63) is 64.4 Å². The van der Waals surface area contributed by atoms with E-state index in [0.29, 0.717) is 0 Å². The standard InChI is InChI=1S/C14H9ClFNO3/c15-11-4-2-1-3-9(11)13(18)17-8-5-6-10(14(19)20)12(16)7-8/h1-7H,(H,17,18)(H,19,20). The highest BCUT2D eigenvalue weighted by molar-refractivity contribution is 6.34. The number of halogens is 2. The number of nitrogens with one attached hydrogen (secondary N) is 1.